The van der Waals surface area contributed by atoms with Crippen LogP contribution in [0.2, 0.25) is 0 Å². The van der Waals surface area contributed by atoms with Crippen molar-refractivity contribution in [3.8, 4) is 0 Å². The van der Waals surface area contributed by atoms with Crippen molar-refractivity contribution in [1.82, 2.24) is 15.1 Å². The van der Waals surface area contributed by atoms with Crippen LogP contribution in [0.3, 0.4) is 0 Å². The topological polar surface area (TPSA) is 52.7 Å². The van der Waals surface area contributed by atoms with Crippen molar-refractivity contribution < 1.29 is 9.59 Å². The Kier molecular flexibility index (Phi) is 5.91. The number of carbonyl (C=O) groups is 2. The Hall–Kier alpha value is -1.66. The first-order valence-electron chi connectivity index (χ1n) is 8.98. The van der Waals surface area contributed by atoms with E-state index in [-0.39, 0.29) is 23.8 Å². The summed E-state index contributed by atoms with van der Waals surface area (Å²) < 4.78 is 0. The molecule has 0 aromatic carbocycles. The van der Waals surface area contributed by atoms with Crippen molar-refractivity contribution in [3.63, 3.8) is 0 Å². The summed E-state index contributed by atoms with van der Waals surface area (Å²) in [5, 5.41) is 5.00. The molecule has 2 bridgehead atoms. The highest BCUT2D eigenvalue weighted by atomic mass is 32.1. The second-order valence-corrected chi connectivity index (χ2v) is 8.28. The van der Waals surface area contributed by atoms with Gasteiger partial charge in [-0.05, 0) is 38.1 Å². The summed E-state index contributed by atoms with van der Waals surface area (Å²) in [6.07, 6.45) is 4.11. The summed E-state index contributed by atoms with van der Waals surface area (Å²) in [5.74, 6) is 0.336. The van der Waals surface area contributed by atoms with Gasteiger partial charge in [-0.1, -0.05) is 17.7 Å². The van der Waals surface area contributed by atoms with Crippen LogP contribution in [0.4, 0.5) is 0 Å². The lowest BCUT2D eigenvalue weighted by Crippen LogP contribution is -2.48. The largest absolute Gasteiger partial charge is 0.350 e. The second kappa shape index (κ2) is 8.15. The molecule has 1 aromatic heterocycles. The molecule has 0 spiro atoms. The van der Waals surface area contributed by atoms with Crippen molar-refractivity contribution in [2.45, 2.75) is 39.3 Å². The standard InChI is InChI=1S/C19H27N3O2S/c1-14(2)7-8-22-16-6-5-15(19(22)24)11-21(12-16)13-18(23)20-10-17-4-3-9-25-17/h3-4,7,9,15-16H,5-6,8,10-13H2,1-2H3,(H,20,23)/t15-,16+/m0/s1. The molecule has 2 amide bonds. The van der Waals surface area contributed by atoms with Crippen LogP contribution < -0.4 is 5.32 Å². The van der Waals surface area contributed by atoms with Crippen molar-refractivity contribution in [2.75, 3.05) is 26.2 Å². The summed E-state index contributed by atoms with van der Waals surface area (Å²) in [7, 11) is 0. The molecule has 6 heteroatoms. The number of thiophene rings is 1. The Morgan fingerprint density at radius 2 is 2.20 bits per heavy atom. The molecule has 1 N–H and O–H groups in total. The molecular weight excluding hydrogens is 334 g/mol. The Balaban J connectivity index is 1.56. The molecule has 0 radical (unpaired) electrons. The van der Waals surface area contributed by atoms with Crippen LogP contribution >= 0.6 is 11.3 Å². The maximum Gasteiger partial charge on any atom is 0.234 e. The number of nitrogens with one attached hydrogen (secondary N) is 1. The predicted octanol–water partition coefficient (Wildman–Crippen LogP) is 2.25. The highest BCUT2D eigenvalue weighted by Gasteiger charge is 2.40. The number of carbonyl (C=O) groups excluding carboxylic acids is 2. The number of amides is 2. The average Bonchev–Trinajstić information content (AvgIpc) is 2.96. The minimum absolute atomic E-state index is 0.0365. The monoisotopic (exact) mass is 361 g/mol. The third-order valence-electron chi connectivity index (χ3n) is 4.97. The zero-order valence-corrected chi connectivity index (χ0v) is 15.8. The van der Waals surface area contributed by atoms with Crippen LogP contribution in [0.5, 0.6) is 0 Å². The highest BCUT2D eigenvalue weighted by molar-refractivity contribution is 7.09. The molecular formula is C19H27N3O2S. The molecule has 4 heterocycles. The van der Waals surface area contributed by atoms with E-state index in [0.29, 0.717) is 26.2 Å². The van der Waals surface area contributed by atoms with Crippen LogP contribution in [-0.4, -0.2) is 53.8 Å². The number of nitrogens with zero attached hydrogens (tertiary/aromatic N) is 2. The molecule has 0 saturated carbocycles. The van der Waals surface area contributed by atoms with Crippen molar-refractivity contribution >= 4 is 23.2 Å². The van der Waals surface area contributed by atoms with Crippen molar-refractivity contribution in [2.24, 2.45) is 5.92 Å². The molecule has 5 nitrogen and oxygen atoms in total. The van der Waals surface area contributed by atoms with Gasteiger partial charge < -0.3 is 10.2 Å². The summed E-state index contributed by atoms with van der Waals surface area (Å²) in [6, 6.07) is 4.24. The molecule has 25 heavy (non-hydrogen) atoms. The van der Waals surface area contributed by atoms with E-state index in [1.165, 1.54) is 5.57 Å². The number of piperidine rings is 1. The van der Waals surface area contributed by atoms with Gasteiger partial charge >= 0.3 is 0 Å². The van der Waals surface area contributed by atoms with E-state index in [1.807, 2.05) is 22.4 Å². The van der Waals surface area contributed by atoms with E-state index in [4.69, 9.17) is 0 Å². The fourth-order valence-corrected chi connectivity index (χ4v) is 4.28. The first kappa shape index (κ1) is 18.1. The van der Waals surface area contributed by atoms with Crippen molar-refractivity contribution in [1.29, 1.82) is 0 Å². The summed E-state index contributed by atoms with van der Waals surface area (Å²) in [6.45, 7) is 7.28. The Labute approximate surface area is 153 Å². The minimum atomic E-state index is 0.0365. The fraction of sp³-hybridized carbons (Fsp3) is 0.579. The lowest BCUT2D eigenvalue weighted by atomic mass is 9.94. The maximum absolute atomic E-state index is 12.7. The zero-order chi connectivity index (χ0) is 17.8. The number of hydrogen-bond acceptors (Lipinski definition) is 4. The van der Waals surface area contributed by atoms with Gasteiger partial charge in [0.1, 0.15) is 0 Å². The minimum Gasteiger partial charge on any atom is -0.350 e. The lowest BCUT2D eigenvalue weighted by Gasteiger charge is -2.35. The summed E-state index contributed by atoms with van der Waals surface area (Å²) in [5.41, 5.74) is 1.23. The van der Waals surface area contributed by atoms with Crippen LogP contribution in [0, 0.1) is 5.92 Å². The van der Waals surface area contributed by atoms with Crippen LogP contribution in [0.15, 0.2) is 29.2 Å². The van der Waals surface area contributed by atoms with E-state index in [0.717, 1.165) is 24.3 Å². The maximum atomic E-state index is 12.7. The van der Waals surface area contributed by atoms with Gasteiger partial charge in [-0.15, -0.1) is 11.3 Å². The smallest absolute Gasteiger partial charge is 0.234 e. The van der Waals surface area contributed by atoms with Gasteiger partial charge in [-0.25, -0.2) is 0 Å². The summed E-state index contributed by atoms with van der Waals surface area (Å²) >= 11 is 1.65. The van der Waals surface area contributed by atoms with E-state index < -0.39 is 0 Å². The number of fused-ring (bicyclic) bond motifs is 4. The third-order valence-corrected chi connectivity index (χ3v) is 5.85. The highest BCUT2D eigenvalue weighted by Crippen LogP contribution is 2.29. The Bertz CT molecular complexity index is 637. The van der Waals surface area contributed by atoms with Gasteiger partial charge in [0.05, 0.1) is 19.0 Å². The molecule has 3 fully saturated rings. The van der Waals surface area contributed by atoms with E-state index in [2.05, 4.69) is 30.1 Å². The predicted molar refractivity (Wildman–Crippen MR) is 100 cm³/mol. The van der Waals surface area contributed by atoms with Gasteiger partial charge in [0.25, 0.3) is 0 Å². The quantitative estimate of drug-likeness (QED) is 0.791. The molecule has 1 aromatic rings. The molecule has 0 unspecified atom stereocenters. The molecule has 3 aliphatic rings. The molecule has 136 valence electrons. The van der Waals surface area contributed by atoms with E-state index in [1.54, 1.807) is 11.3 Å². The van der Waals surface area contributed by atoms with Gasteiger partial charge in [0, 0.05) is 30.6 Å². The summed E-state index contributed by atoms with van der Waals surface area (Å²) in [4.78, 5) is 30.3. The van der Waals surface area contributed by atoms with Crippen LogP contribution in [0.25, 0.3) is 0 Å². The lowest BCUT2D eigenvalue weighted by molar-refractivity contribution is -0.139. The molecule has 2 atom stereocenters. The van der Waals surface area contributed by atoms with Gasteiger partial charge in [-0.2, -0.15) is 0 Å². The normalized spacial score (nSPS) is 23.4. The third kappa shape index (κ3) is 4.70. The molecule has 3 saturated heterocycles. The van der Waals surface area contributed by atoms with Gasteiger partial charge in [0.15, 0.2) is 0 Å². The average molecular weight is 362 g/mol. The first-order valence-corrected chi connectivity index (χ1v) is 9.86. The van der Waals surface area contributed by atoms with E-state index >= 15 is 0 Å². The number of hydrogen-bond donors (Lipinski definition) is 1. The Morgan fingerprint density at radius 3 is 2.92 bits per heavy atom. The first-order chi connectivity index (χ1) is 12.0. The Morgan fingerprint density at radius 1 is 1.36 bits per heavy atom. The zero-order valence-electron chi connectivity index (χ0n) is 15.0. The number of allylic oxidation sites excluding steroid dienone is 1. The molecule has 3 aliphatic heterocycles. The van der Waals surface area contributed by atoms with Crippen molar-refractivity contribution in [3.05, 3.63) is 34.0 Å². The van der Waals surface area contributed by atoms with Crippen LogP contribution in [0.1, 0.15) is 31.6 Å². The molecule has 0 aliphatic carbocycles. The van der Waals surface area contributed by atoms with Crippen LogP contribution in [-0.2, 0) is 16.1 Å². The second-order valence-electron chi connectivity index (χ2n) is 7.25. The van der Waals surface area contributed by atoms with Gasteiger partial charge in [-0.3, -0.25) is 14.5 Å². The van der Waals surface area contributed by atoms with E-state index in [9.17, 15) is 9.59 Å². The van der Waals surface area contributed by atoms with Gasteiger partial charge in [0.2, 0.25) is 11.8 Å². The number of rotatable bonds is 6. The SMILES string of the molecule is CC(C)=CCN1C(=O)[C@H]2CC[C@@H]1CN(CC(=O)NCc1cccs1)C2. The molecule has 4 rings (SSSR count). The fourth-order valence-electron chi connectivity index (χ4n) is 3.64.